The van der Waals surface area contributed by atoms with Crippen LogP contribution in [0.25, 0.3) is 5.65 Å². The third kappa shape index (κ3) is 3.84. The molecule has 0 aliphatic rings. The van der Waals surface area contributed by atoms with Crippen molar-refractivity contribution in [1.29, 1.82) is 0 Å². The fourth-order valence-electron chi connectivity index (χ4n) is 2.86. The maximum atomic E-state index is 12.7. The maximum Gasteiger partial charge on any atom is 0.290 e. The summed E-state index contributed by atoms with van der Waals surface area (Å²) in [5, 5.41) is 15.2. The lowest BCUT2D eigenvalue weighted by molar-refractivity contribution is -0.384. The van der Waals surface area contributed by atoms with Crippen LogP contribution in [0.2, 0.25) is 0 Å². The predicted molar refractivity (Wildman–Crippen MR) is 102 cm³/mol. The molecule has 0 radical (unpaired) electrons. The van der Waals surface area contributed by atoms with E-state index in [-0.39, 0.29) is 11.6 Å². The van der Waals surface area contributed by atoms with E-state index in [4.69, 9.17) is 0 Å². The van der Waals surface area contributed by atoms with Crippen molar-refractivity contribution < 1.29 is 9.72 Å². The van der Waals surface area contributed by atoms with E-state index in [1.165, 1.54) is 12.1 Å². The van der Waals surface area contributed by atoms with Crippen LogP contribution in [0.5, 0.6) is 0 Å². The van der Waals surface area contributed by atoms with Gasteiger partial charge in [-0.1, -0.05) is 31.5 Å². The number of imidazole rings is 1. The minimum atomic E-state index is -0.451. The molecule has 1 aromatic carbocycles. The van der Waals surface area contributed by atoms with E-state index >= 15 is 0 Å². The largest absolute Gasteiger partial charge is 0.295 e. The molecule has 0 aliphatic carbocycles. The Morgan fingerprint density at radius 2 is 2.11 bits per heavy atom. The van der Waals surface area contributed by atoms with Gasteiger partial charge in [-0.25, -0.2) is 10.4 Å². The number of nitrogens with zero attached hydrogens (tertiary/aromatic N) is 4. The Bertz CT molecular complexity index is 1040. The number of benzene rings is 1. The molecular formula is C19H19N5O3. The molecule has 8 heteroatoms. The van der Waals surface area contributed by atoms with Gasteiger partial charge < -0.3 is 0 Å². The third-order valence-corrected chi connectivity index (χ3v) is 4.09. The monoisotopic (exact) mass is 365 g/mol. The maximum absolute atomic E-state index is 12.7. The van der Waals surface area contributed by atoms with Crippen LogP contribution >= 0.6 is 0 Å². The van der Waals surface area contributed by atoms with Crippen LogP contribution in [0.3, 0.4) is 0 Å². The summed E-state index contributed by atoms with van der Waals surface area (Å²) in [6, 6.07) is 11.7. The molecule has 1 N–H and O–H groups in total. The van der Waals surface area contributed by atoms with Crippen LogP contribution in [-0.2, 0) is 0 Å². The second kappa shape index (κ2) is 7.77. The first-order chi connectivity index (χ1) is 13.0. The molecule has 0 bridgehead atoms. The molecule has 0 fully saturated rings. The number of hydrazone groups is 1. The van der Waals surface area contributed by atoms with E-state index in [9.17, 15) is 14.9 Å². The number of fused-ring (bicyclic) bond motifs is 1. The molecule has 0 saturated carbocycles. The van der Waals surface area contributed by atoms with E-state index in [0.717, 1.165) is 6.42 Å². The molecule has 27 heavy (non-hydrogen) atoms. The van der Waals surface area contributed by atoms with Gasteiger partial charge in [0.05, 0.1) is 16.3 Å². The van der Waals surface area contributed by atoms with E-state index in [0.29, 0.717) is 34.7 Å². The lowest BCUT2D eigenvalue weighted by atomic mass is 10.1. The smallest absolute Gasteiger partial charge is 0.290 e. The molecule has 3 aromatic rings. The Hall–Kier alpha value is -3.55. The van der Waals surface area contributed by atoms with Gasteiger partial charge >= 0.3 is 0 Å². The van der Waals surface area contributed by atoms with Gasteiger partial charge in [0.2, 0.25) is 0 Å². The van der Waals surface area contributed by atoms with Gasteiger partial charge in [-0.15, -0.1) is 0 Å². The first-order valence-electron chi connectivity index (χ1n) is 8.56. The van der Waals surface area contributed by atoms with E-state index in [1.807, 2.05) is 25.1 Å². The lowest BCUT2D eigenvalue weighted by Gasteiger charge is -2.07. The average molecular weight is 365 g/mol. The Morgan fingerprint density at radius 1 is 1.30 bits per heavy atom. The minimum absolute atomic E-state index is 0.0136. The normalized spacial score (nSPS) is 11.6. The molecule has 3 rings (SSSR count). The molecular weight excluding hydrogens is 346 g/mol. The molecule has 2 heterocycles. The number of nitro benzene ring substituents is 1. The Balaban J connectivity index is 1.91. The number of aryl methyl sites for hydroxylation is 1. The second-order valence-electron chi connectivity index (χ2n) is 6.03. The highest BCUT2D eigenvalue weighted by atomic mass is 16.6. The van der Waals surface area contributed by atoms with Gasteiger partial charge in [-0.3, -0.25) is 19.3 Å². The van der Waals surface area contributed by atoms with Crippen molar-refractivity contribution in [3.8, 4) is 0 Å². The Labute approximate surface area is 155 Å². The number of non-ortho nitro benzene ring substituents is 1. The van der Waals surface area contributed by atoms with Gasteiger partial charge in [0, 0.05) is 23.9 Å². The van der Waals surface area contributed by atoms with Crippen LogP contribution in [0.15, 0.2) is 53.8 Å². The number of nitro groups is 1. The number of rotatable bonds is 6. The standard InChI is InChI=1S/C19H19N5O3/c1-3-7-16(14-8-6-9-15(12-14)24(26)27)21-22-19(25)18-13(2)20-17-10-4-5-11-23(17)18/h4-6,8-12H,3,7H2,1-2H3,(H,22,25)/b21-16-. The molecule has 0 saturated heterocycles. The highest BCUT2D eigenvalue weighted by Crippen LogP contribution is 2.16. The number of hydrogen-bond acceptors (Lipinski definition) is 5. The van der Waals surface area contributed by atoms with Crippen molar-refractivity contribution in [3.05, 3.63) is 75.7 Å². The summed E-state index contributed by atoms with van der Waals surface area (Å²) in [4.78, 5) is 27.6. The summed E-state index contributed by atoms with van der Waals surface area (Å²) in [5.74, 6) is -0.384. The minimum Gasteiger partial charge on any atom is -0.295 e. The summed E-state index contributed by atoms with van der Waals surface area (Å²) in [7, 11) is 0. The highest BCUT2D eigenvalue weighted by molar-refractivity contribution is 6.02. The van der Waals surface area contributed by atoms with Crippen molar-refractivity contribution in [2.24, 2.45) is 5.10 Å². The van der Waals surface area contributed by atoms with Crippen molar-refractivity contribution in [2.75, 3.05) is 0 Å². The van der Waals surface area contributed by atoms with Crippen LogP contribution in [0, 0.1) is 17.0 Å². The van der Waals surface area contributed by atoms with Gasteiger partial charge in [0.1, 0.15) is 11.3 Å². The third-order valence-electron chi connectivity index (χ3n) is 4.09. The van der Waals surface area contributed by atoms with Crippen molar-refractivity contribution in [3.63, 3.8) is 0 Å². The Kier molecular flexibility index (Phi) is 5.25. The highest BCUT2D eigenvalue weighted by Gasteiger charge is 2.16. The zero-order chi connectivity index (χ0) is 19.4. The Morgan fingerprint density at radius 3 is 2.85 bits per heavy atom. The van der Waals surface area contributed by atoms with E-state index in [2.05, 4.69) is 15.5 Å². The summed E-state index contributed by atoms with van der Waals surface area (Å²) in [6.07, 6.45) is 3.13. The molecule has 0 unspecified atom stereocenters. The molecule has 2 aromatic heterocycles. The molecule has 0 aliphatic heterocycles. The fraction of sp³-hybridized carbons (Fsp3) is 0.211. The van der Waals surface area contributed by atoms with Crippen molar-refractivity contribution in [2.45, 2.75) is 26.7 Å². The SMILES string of the molecule is CCC/C(=N/NC(=O)c1c(C)nc2ccccn12)c1cccc([N+](=O)[O-])c1. The molecule has 138 valence electrons. The van der Waals surface area contributed by atoms with E-state index < -0.39 is 4.92 Å². The number of carbonyl (C=O) groups excluding carboxylic acids is 1. The molecule has 0 atom stereocenters. The summed E-state index contributed by atoms with van der Waals surface area (Å²) < 4.78 is 1.70. The van der Waals surface area contributed by atoms with Gasteiger partial charge in [-0.05, 0) is 25.5 Å². The van der Waals surface area contributed by atoms with Gasteiger partial charge in [0.25, 0.3) is 11.6 Å². The number of carbonyl (C=O) groups is 1. The van der Waals surface area contributed by atoms with Crippen LogP contribution in [0.4, 0.5) is 5.69 Å². The van der Waals surface area contributed by atoms with Gasteiger partial charge in [0.15, 0.2) is 0 Å². The summed E-state index contributed by atoms with van der Waals surface area (Å²) in [5.41, 5.74) is 5.43. The quantitative estimate of drug-likeness (QED) is 0.410. The fourth-order valence-corrected chi connectivity index (χ4v) is 2.86. The molecule has 1 amide bonds. The summed E-state index contributed by atoms with van der Waals surface area (Å²) >= 11 is 0. The molecule has 0 spiro atoms. The van der Waals surface area contributed by atoms with Crippen LogP contribution < -0.4 is 5.43 Å². The number of aromatic nitrogens is 2. The second-order valence-corrected chi connectivity index (χ2v) is 6.03. The number of amides is 1. The van der Waals surface area contributed by atoms with Gasteiger partial charge in [-0.2, -0.15) is 5.10 Å². The average Bonchev–Trinajstić information content (AvgIpc) is 3.00. The lowest BCUT2D eigenvalue weighted by Crippen LogP contribution is -2.22. The zero-order valence-electron chi connectivity index (χ0n) is 15.0. The predicted octanol–water partition coefficient (Wildman–Crippen LogP) is 3.49. The van der Waals surface area contributed by atoms with Crippen LogP contribution in [-0.4, -0.2) is 25.9 Å². The summed E-state index contributed by atoms with van der Waals surface area (Å²) in [6.45, 7) is 3.74. The van der Waals surface area contributed by atoms with Crippen LogP contribution in [0.1, 0.15) is 41.5 Å². The number of hydrogen-bond donors (Lipinski definition) is 1. The number of nitrogens with one attached hydrogen (secondary N) is 1. The first-order valence-corrected chi connectivity index (χ1v) is 8.56. The number of pyridine rings is 1. The zero-order valence-corrected chi connectivity index (χ0v) is 15.0. The topological polar surface area (TPSA) is 102 Å². The van der Waals surface area contributed by atoms with Crippen molar-refractivity contribution in [1.82, 2.24) is 14.8 Å². The van der Waals surface area contributed by atoms with Crippen molar-refractivity contribution >= 4 is 23.0 Å². The first kappa shape index (κ1) is 18.2. The molecule has 8 nitrogen and oxygen atoms in total. The van der Waals surface area contributed by atoms with E-state index in [1.54, 1.807) is 29.7 Å².